The first-order chi connectivity index (χ1) is 15.1. The molecule has 2 aliphatic heterocycles. The number of halogens is 1. The van der Waals surface area contributed by atoms with E-state index in [0.717, 1.165) is 25.9 Å². The fraction of sp³-hybridized carbons (Fsp3) is 0.520. The quantitative estimate of drug-likeness (QED) is 0.731. The molecule has 2 aromatic carbocycles. The van der Waals surface area contributed by atoms with Gasteiger partial charge in [0.25, 0.3) is 0 Å². The monoisotopic (exact) mass is 429 g/mol. The first-order valence-electron chi connectivity index (χ1n) is 11.1. The van der Waals surface area contributed by atoms with Gasteiger partial charge in [-0.2, -0.15) is 0 Å². The Morgan fingerprint density at radius 1 is 1.13 bits per heavy atom. The molecule has 6 heteroatoms. The molecule has 0 saturated carbocycles. The maximum absolute atomic E-state index is 14.1. The third-order valence-electron chi connectivity index (χ3n) is 6.60. The van der Waals surface area contributed by atoms with Crippen molar-refractivity contribution in [3.63, 3.8) is 0 Å². The Labute approximate surface area is 183 Å². The van der Waals surface area contributed by atoms with Crippen LogP contribution in [0.5, 0.6) is 5.75 Å². The van der Waals surface area contributed by atoms with Gasteiger partial charge in [0.05, 0.1) is 25.4 Å². The van der Waals surface area contributed by atoms with Gasteiger partial charge in [-0.1, -0.05) is 30.3 Å². The van der Waals surface area contributed by atoms with Crippen molar-refractivity contribution < 1.29 is 23.7 Å². The number of rotatable bonds is 7. The first kappa shape index (κ1) is 22.2. The van der Waals surface area contributed by atoms with Crippen molar-refractivity contribution in [2.45, 2.75) is 37.5 Å². The smallest absolute Gasteiger partial charge is 0.123 e. The molecule has 2 atom stereocenters. The summed E-state index contributed by atoms with van der Waals surface area (Å²) in [6.45, 7) is 4.05. The lowest BCUT2D eigenvalue weighted by Gasteiger charge is -2.47. The lowest BCUT2D eigenvalue weighted by Crippen LogP contribution is -2.59. The summed E-state index contributed by atoms with van der Waals surface area (Å²) < 4.78 is 31.2. The van der Waals surface area contributed by atoms with Crippen LogP contribution in [-0.4, -0.2) is 61.7 Å². The summed E-state index contributed by atoms with van der Waals surface area (Å²) in [5, 5.41) is 12.1. The van der Waals surface area contributed by atoms with Crippen LogP contribution in [0.1, 0.15) is 24.0 Å². The number of hydrogen-bond acceptors (Lipinski definition) is 5. The van der Waals surface area contributed by atoms with Crippen LogP contribution in [0.3, 0.4) is 0 Å². The fourth-order valence-corrected chi connectivity index (χ4v) is 4.90. The van der Waals surface area contributed by atoms with E-state index in [1.54, 1.807) is 13.2 Å². The molecule has 2 saturated heterocycles. The van der Waals surface area contributed by atoms with Crippen LogP contribution in [0.2, 0.25) is 0 Å². The Morgan fingerprint density at radius 2 is 1.90 bits per heavy atom. The third kappa shape index (κ3) is 5.26. The fourth-order valence-electron chi connectivity index (χ4n) is 4.90. The molecule has 0 aliphatic carbocycles. The Hall–Kier alpha value is -1.99. The standard InChI is InChI=1S/C25H32FNO4/c1-29-23-8-7-22(26)15-20(23)16-25(28,21-9-12-30-13-10-21)24-18-27(11-14-31-24)17-19-5-3-2-4-6-19/h2-8,15,21,24,28H,9-14,16-18H2,1H3/t24-,25?/m0/s1. The number of aliphatic hydroxyl groups is 1. The molecule has 168 valence electrons. The van der Waals surface area contributed by atoms with E-state index in [-0.39, 0.29) is 24.3 Å². The predicted molar refractivity (Wildman–Crippen MR) is 117 cm³/mol. The zero-order valence-electron chi connectivity index (χ0n) is 18.1. The molecule has 1 unspecified atom stereocenters. The molecule has 0 radical (unpaired) electrons. The highest BCUT2D eigenvalue weighted by Crippen LogP contribution is 2.38. The van der Waals surface area contributed by atoms with E-state index < -0.39 is 5.60 Å². The molecule has 5 nitrogen and oxygen atoms in total. The van der Waals surface area contributed by atoms with Gasteiger partial charge in [-0.3, -0.25) is 4.90 Å². The molecule has 0 amide bonds. The summed E-state index contributed by atoms with van der Waals surface area (Å²) >= 11 is 0. The molecule has 0 bridgehead atoms. The number of morpholine rings is 1. The van der Waals surface area contributed by atoms with E-state index >= 15 is 0 Å². The minimum Gasteiger partial charge on any atom is -0.496 e. The molecule has 31 heavy (non-hydrogen) atoms. The summed E-state index contributed by atoms with van der Waals surface area (Å²) in [6, 6.07) is 14.8. The van der Waals surface area contributed by atoms with E-state index in [9.17, 15) is 9.50 Å². The molecule has 1 N–H and O–H groups in total. The summed E-state index contributed by atoms with van der Waals surface area (Å²) in [4.78, 5) is 2.33. The Balaban J connectivity index is 1.59. The minimum atomic E-state index is -1.14. The van der Waals surface area contributed by atoms with Crippen LogP contribution in [0, 0.1) is 11.7 Å². The Morgan fingerprint density at radius 3 is 2.65 bits per heavy atom. The van der Waals surface area contributed by atoms with Crippen molar-refractivity contribution >= 4 is 0 Å². The van der Waals surface area contributed by atoms with Crippen molar-refractivity contribution in [3.8, 4) is 5.75 Å². The van der Waals surface area contributed by atoms with Crippen molar-refractivity contribution in [3.05, 3.63) is 65.5 Å². The number of hydrogen-bond donors (Lipinski definition) is 1. The van der Waals surface area contributed by atoms with Gasteiger partial charge in [0.15, 0.2) is 0 Å². The second kappa shape index (κ2) is 10.1. The van der Waals surface area contributed by atoms with Crippen LogP contribution in [0.25, 0.3) is 0 Å². The van der Waals surface area contributed by atoms with E-state index in [0.29, 0.717) is 37.7 Å². The van der Waals surface area contributed by atoms with E-state index in [1.165, 1.54) is 17.7 Å². The highest BCUT2D eigenvalue weighted by Gasteiger charge is 2.47. The number of nitrogens with zero attached hydrogens (tertiary/aromatic N) is 1. The third-order valence-corrected chi connectivity index (χ3v) is 6.60. The Bertz CT molecular complexity index is 843. The SMILES string of the molecule is COc1ccc(F)cc1CC(O)(C1CCOCC1)[C@@H]1CN(Cc2ccccc2)CCO1. The van der Waals surface area contributed by atoms with Crippen molar-refractivity contribution in [2.24, 2.45) is 5.92 Å². The average Bonchev–Trinajstić information content (AvgIpc) is 2.81. The van der Waals surface area contributed by atoms with Gasteiger partial charge >= 0.3 is 0 Å². The predicted octanol–water partition coefficient (Wildman–Crippen LogP) is 3.44. The molecule has 0 aromatic heterocycles. The molecule has 2 aromatic rings. The summed E-state index contributed by atoms with van der Waals surface area (Å²) in [7, 11) is 1.57. The summed E-state index contributed by atoms with van der Waals surface area (Å²) in [6.07, 6.45) is 1.42. The largest absolute Gasteiger partial charge is 0.496 e. The normalized spacial score (nSPS) is 22.7. The number of methoxy groups -OCH3 is 1. The molecule has 4 rings (SSSR count). The highest BCUT2D eigenvalue weighted by molar-refractivity contribution is 5.35. The molecular weight excluding hydrogens is 397 g/mol. The maximum atomic E-state index is 14.1. The first-order valence-corrected chi connectivity index (χ1v) is 11.1. The second-order valence-corrected chi connectivity index (χ2v) is 8.59. The van der Waals surface area contributed by atoms with Gasteiger partial charge in [0.1, 0.15) is 11.6 Å². The number of ether oxygens (including phenoxy) is 3. The molecular formula is C25H32FNO4. The van der Waals surface area contributed by atoms with Gasteiger partial charge in [-0.15, -0.1) is 0 Å². The van der Waals surface area contributed by atoms with Crippen molar-refractivity contribution in [1.82, 2.24) is 4.90 Å². The van der Waals surface area contributed by atoms with Crippen LogP contribution < -0.4 is 4.74 Å². The zero-order chi connectivity index (χ0) is 21.7. The summed E-state index contributed by atoms with van der Waals surface area (Å²) in [5.74, 6) is 0.264. The minimum absolute atomic E-state index is 0.0101. The molecule has 0 spiro atoms. The van der Waals surface area contributed by atoms with E-state index in [2.05, 4.69) is 17.0 Å². The van der Waals surface area contributed by atoms with E-state index in [4.69, 9.17) is 14.2 Å². The summed E-state index contributed by atoms with van der Waals surface area (Å²) in [5.41, 5.74) is 0.769. The Kier molecular flexibility index (Phi) is 7.23. The number of benzene rings is 2. The van der Waals surface area contributed by atoms with Gasteiger partial charge < -0.3 is 19.3 Å². The van der Waals surface area contributed by atoms with E-state index in [1.807, 2.05) is 18.2 Å². The van der Waals surface area contributed by atoms with Crippen molar-refractivity contribution in [1.29, 1.82) is 0 Å². The van der Waals surface area contributed by atoms with Gasteiger partial charge in [-0.05, 0) is 48.1 Å². The van der Waals surface area contributed by atoms with Gasteiger partial charge in [0, 0.05) is 39.3 Å². The molecule has 2 fully saturated rings. The second-order valence-electron chi connectivity index (χ2n) is 8.59. The maximum Gasteiger partial charge on any atom is 0.123 e. The van der Waals surface area contributed by atoms with Crippen LogP contribution in [-0.2, 0) is 22.4 Å². The van der Waals surface area contributed by atoms with Crippen molar-refractivity contribution in [2.75, 3.05) is 40.0 Å². The lowest BCUT2D eigenvalue weighted by atomic mass is 9.73. The van der Waals surface area contributed by atoms with Crippen LogP contribution in [0.4, 0.5) is 4.39 Å². The van der Waals surface area contributed by atoms with Crippen LogP contribution in [0.15, 0.2) is 48.5 Å². The van der Waals surface area contributed by atoms with Gasteiger partial charge in [0.2, 0.25) is 0 Å². The molecule has 2 heterocycles. The highest BCUT2D eigenvalue weighted by atomic mass is 19.1. The zero-order valence-corrected chi connectivity index (χ0v) is 18.1. The lowest BCUT2D eigenvalue weighted by molar-refractivity contribution is -0.181. The van der Waals surface area contributed by atoms with Gasteiger partial charge in [-0.25, -0.2) is 4.39 Å². The van der Waals surface area contributed by atoms with Crippen LogP contribution >= 0.6 is 0 Å². The average molecular weight is 430 g/mol. The molecule has 2 aliphatic rings. The topological polar surface area (TPSA) is 51.2 Å².